The monoisotopic (exact) mass is 440 g/mol. The van der Waals surface area contributed by atoms with Crippen molar-refractivity contribution in [2.75, 3.05) is 17.2 Å². The highest BCUT2D eigenvalue weighted by atomic mass is 16.6. The summed E-state index contributed by atoms with van der Waals surface area (Å²) in [5, 5.41) is 10.5. The molecule has 0 radical (unpaired) electrons. The number of carbonyl (C=O) groups excluding carboxylic acids is 4. The lowest BCUT2D eigenvalue weighted by molar-refractivity contribution is -0.115. The summed E-state index contributed by atoms with van der Waals surface area (Å²) in [6, 6.07) is 13.6. The van der Waals surface area contributed by atoms with Crippen LogP contribution in [0, 0.1) is 0 Å². The van der Waals surface area contributed by atoms with Crippen LogP contribution < -0.4 is 21.3 Å². The van der Waals surface area contributed by atoms with E-state index in [1.54, 1.807) is 69.3 Å². The first kappa shape index (κ1) is 24.4. The lowest BCUT2D eigenvalue weighted by Gasteiger charge is -2.19. The van der Waals surface area contributed by atoms with E-state index in [0.29, 0.717) is 22.5 Å². The van der Waals surface area contributed by atoms with Gasteiger partial charge in [-0.1, -0.05) is 24.3 Å². The largest absolute Gasteiger partial charge is 0.444 e. The molecule has 0 atom stereocenters. The molecule has 2 rings (SSSR count). The number of hydrogen-bond donors (Lipinski definition) is 4. The normalized spacial score (nSPS) is 10.6. The van der Waals surface area contributed by atoms with Crippen molar-refractivity contribution in [3.8, 4) is 0 Å². The van der Waals surface area contributed by atoms with Gasteiger partial charge in [0, 0.05) is 30.4 Å². The van der Waals surface area contributed by atoms with Gasteiger partial charge >= 0.3 is 6.09 Å². The highest BCUT2D eigenvalue weighted by Gasteiger charge is 2.17. The van der Waals surface area contributed by atoms with Gasteiger partial charge in [0.2, 0.25) is 11.8 Å². The van der Waals surface area contributed by atoms with E-state index in [4.69, 9.17) is 4.74 Å². The number of amides is 4. The van der Waals surface area contributed by atoms with Crippen LogP contribution in [-0.2, 0) is 20.9 Å². The average molecular weight is 441 g/mol. The highest BCUT2D eigenvalue weighted by molar-refractivity contribution is 5.97. The second-order valence-electron chi connectivity index (χ2n) is 8.01. The lowest BCUT2D eigenvalue weighted by Crippen LogP contribution is -2.37. The lowest BCUT2D eigenvalue weighted by atomic mass is 10.1. The van der Waals surface area contributed by atoms with Crippen LogP contribution in [0.4, 0.5) is 16.2 Å². The van der Waals surface area contributed by atoms with Crippen molar-refractivity contribution in [1.82, 2.24) is 10.6 Å². The standard InChI is InChI=1S/C23H28N4O5/c1-15(28)26-18-10-7-9-16(12-18)21(30)24-13-17-8-5-6-11-19(17)27-20(29)14-25-22(31)32-23(2,3)4/h5-12H,13-14H2,1-4H3,(H,24,30)(H,25,31)(H,26,28)(H,27,29). The predicted octanol–water partition coefficient (Wildman–Crippen LogP) is 3.04. The molecule has 0 spiro atoms. The Morgan fingerprint density at radius 2 is 1.62 bits per heavy atom. The maximum absolute atomic E-state index is 12.5. The molecule has 0 aliphatic rings. The van der Waals surface area contributed by atoms with E-state index in [0.717, 1.165) is 0 Å². The molecule has 170 valence electrons. The summed E-state index contributed by atoms with van der Waals surface area (Å²) in [6.07, 6.45) is -0.685. The van der Waals surface area contributed by atoms with E-state index in [-0.39, 0.29) is 24.9 Å². The van der Waals surface area contributed by atoms with Gasteiger partial charge in [-0.3, -0.25) is 14.4 Å². The smallest absolute Gasteiger partial charge is 0.408 e. The molecule has 0 saturated carbocycles. The van der Waals surface area contributed by atoms with Crippen LogP contribution in [-0.4, -0.2) is 36.0 Å². The Kier molecular flexibility index (Phi) is 8.34. The molecule has 9 nitrogen and oxygen atoms in total. The van der Waals surface area contributed by atoms with Crippen LogP contribution in [0.5, 0.6) is 0 Å². The third kappa shape index (κ3) is 8.47. The Hall–Kier alpha value is -3.88. The number of carbonyl (C=O) groups is 4. The van der Waals surface area contributed by atoms with Gasteiger partial charge in [0.05, 0.1) is 0 Å². The zero-order valence-corrected chi connectivity index (χ0v) is 18.6. The zero-order chi connectivity index (χ0) is 23.7. The summed E-state index contributed by atoms with van der Waals surface area (Å²) in [4.78, 5) is 47.6. The number of benzene rings is 2. The van der Waals surface area contributed by atoms with Gasteiger partial charge in [-0.2, -0.15) is 0 Å². The zero-order valence-electron chi connectivity index (χ0n) is 18.6. The van der Waals surface area contributed by atoms with Crippen molar-refractivity contribution in [1.29, 1.82) is 0 Å². The summed E-state index contributed by atoms with van der Waals surface area (Å²) < 4.78 is 5.10. The van der Waals surface area contributed by atoms with Crippen LogP contribution >= 0.6 is 0 Å². The molecule has 2 aromatic carbocycles. The number of anilines is 2. The molecule has 0 aliphatic heterocycles. The van der Waals surface area contributed by atoms with Gasteiger partial charge in [0.25, 0.3) is 5.91 Å². The summed E-state index contributed by atoms with van der Waals surface area (Å²) in [5.74, 6) is -0.990. The first-order chi connectivity index (χ1) is 15.0. The molecule has 0 heterocycles. The molecule has 0 bridgehead atoms. The molecule has 0 fully saturated rings. The quantitative estimate of drug-likeness (QED) is 0.527. The molecule has 2 aromatic rings. The van der Waals surface area contributed by atoms with Crippen LogP contribution in [0.15, 0.2) is 48.5 Å². The van der Waals surface area contributed by atoms with Gasteiger partial charge in [0.15, 0.2) is 0 Å². The molecule has 0 aromatic heterocycles. The van der Waals surface area contributed by atoms with Crippen molar-refractivity contribution in [2.24, 2.45) is 0 Å². The fraction of sp³-hybridized carbons (Fsp3) is 0.304. The number of para-hydroxylation sites is 1. The second kappa shape index (κ2) is 10.9. The fourth-order valence-electron chi connectivity index (χ4n) is 2.68. The molecule has 0 aliphatic carbocycles. The molecule has 9 heteroatoms. The average Bonchev–Trinajstić information content (AvgIpc) is 2.70. The minimum atomic E-state index is -0.685. The Morgan fingerprint density at radius 1 is 0.906 bits per heavy atom. The third-order valence-corrected chi connectivity index (χ3v) is 3.97. The van der Waals surface area contributed by atoms with E-state index in [9.17, 15) is 19.2 Å². The molecule has 0 unspecified atom stereocenters. The van der Waals surface area contributed by atoms with Crippen LogP contribution in [0.1, 0.15) is 43.6 Å². The molecule has 4 N–H and O–H groups in total. The van der Waals surface area contributed by atoms with E-state index in [1.807, 2.05) is 0 Å². The number of ether oxygens (including phenoxy) is 1. The van der Waals surface area contributed by atoms with E-state index in [2.05, 4.69) is 21.3 Å². The molecular formula is C23H28N4O5. The van der Waals surface area contributed by atoms with Crippen molar-refractivity contribution in [2.45, 2.75) is 39.8 Å². The second-order valence-corrected chi connectivity index (χ2v) is 8.01. The minimum Gasteiger partial charge on any atom is -0.444 e. The molecular weight excluding hydrogens is 412 g/mol. The Labute approximate surface area is 186 Å². The van der Waals surface area contributed by atoms with Crippen molar-refractivity contribution >= 4 is 35.2 Å². The maximum Gasteiger partial charge on any atom is 0.408 e. The third-order valence-electron chi connectivity index (χ3n) is 3.97. The van der Waals surface area contributed by atoms with E-state index in [1.165, 1.54) is 6.92 Å². The minimum absolute atomic E-state index is 0.166. The van der Waals surface area contributed by atoms with Gasteiger partial charge in [-0.15, -0.1) is 0 Å². The summed E-state index contributed by atoms with van der Waals surface area (Å²) in [7, 11) is 0. The Balaban J connectivity index is 1.94. The molecule has 4 amide bonds. The topological polar surface area (TPSA) is 126 Å². The maximum atomic E-state index is 12.5. The van der Waals surface area contributed by atoms with Crippen molar-refractivity contribution in [3.63, 3.8) is 0 Å². The fourth-order valence-corrected chi connectivity index (χ4v) is 2.68. The highest BCUT2D eigenvalue weighted by Crippen LogP contribution is 2.16. The van der Waals surface area contributed by atoms with Crippen LogP contribution in [0.25, 0.3) is 0 Å². The van der Waals surface area contributed by atoms with Crippen LogP contribution in [0.3, 0.4) is 0 Å². The SMILES string of the molecule is CC(=O)Nc1cccc(C(=O)NCc2ccccc2NC(=O)CNC(=O)OC(C)(C)C)c1. The summed E-state index contributed by atoms with van der Waals surface area (Å²) >= 11 is 0. The van der Waals surface area contributed by atoms with Crippen LogP contribution in [0.2, 0.25) is 0 Å². The Bertz CT molecular complexity index is 998. The first-order valence-electron chi connectivity index (χ1n) is 10.0. The predicted molar refractivity (Wildman–Crippen MR) is 121 cm³/mol. The van der Waals surface area contributed by atoms with E-state index < -0.39 is 17.6 Å². The van der Waals surface area contributed by atoms with Crippen molar-refractivity contribution < 1.29 is 23.9 Å². The van der Waals surface area contributed by atoms with E-state index >= 15 is 0 Å². The first-order valence-corrected chi connectivity index (χ1v) is 10.0. The molecule has 32 heavy (non-hydrogen) atoms. The molecule has 0 saturated heterocycles. The summed E-state index contributed by atoms with van der Waals surface area (Å²) in [6.45, 7) is 6.49. The number of alkyl carbamates (subject to hydrolysis) is 1. The van der Waals surface area contributed by atoms with Crippen molar-refractivity contribution in [3.05, 3.63) is 59.7 Å². The Morgan fingerprint density at radius 3 is 2.31 bits per heavy atom. The number of nitrogens with one attached hydrogen (secondary N) is 4. The van der Waals surface area contributed by atoms with Gasteiger partial charge in [0.1, 0.15) is 12.1 Å². The van der Waals surface area contributed by atoms with Gasteiger partial charge in [-0.05, 0) is 50.6 Å². The number of hydrogen-bond acceptors (Lipinski definition) is 5. The number of rotatable bonds is 7. The van der Waals surface area contributed by atoms with Gasteiger partial charge in [-0.25, -0.2) is 4.79 Å². The van der Waals surface area contributed by atoms with Gasteiger partial charge < -0.3 is 26.0 Å². The summed E-state index contributed by atoms with van der Waals surface area (Å²) in [5.41, 5.74) is 1.45.